The van der Waals surface area contributed by atoms with Crippen molar-refractivity contribution in [1.82, 2.24) is 10.2 Å². The number of nitrogens with two attached hydrogens (primary N) is 1. The highest BCUT2D eigenvalue weighted by Crippen LogP contribution is 2.38. The predicted octanol–water partition coefficient (Wildman–Crippen LogP) is 1.82. The molecule has 1 aliphatic carbocycles. The van der Waals surface area contributed by atoms with E-state index in [0.717, 1.165) is 61.0 Å². The Morgan fingerprint density at radius 2 is 2.12 bits per heavy atom. The second kappa shape index (κ2) is 6.16. The summed E-state index contributed by atoms with van der Waals surface area (Å²) in [6, 6.07) is 0.362. The van der Waals surface area contributed by atoms with Gasteiger partial charge in [0.1, 0.15) is 11.8 Å². The Morgan fingerprint density at radius 1 is 1.33 bits per heavy atom. The minimum absolute atomic E-state index is 0.199. The molecule has 0 radical (unpaired) electrons. The standard InChI is InChI=1S/C18H26N4O2/c1-22-10-15(11-3-5-12(19)6-4-11)24-18-14(22)9-20-13-7-8-16(23-2)21-17(13)18/h7,9,11-12,15,20H,3-6,8,10,19H2,1-2H3. The number of hydrogen-bond acceptors (Lipinski definition) is 6. The van der Waals surface area contributed by atoms with Crippen LogP contribution in [0.2, 0.25) is 0 Å². The molecular weight excluding hydrogens is 304 g/mol. The second-order valence-corrected chi connectivity index (χ2v) is 7.09. The lowest BCUT2D eigenvalue weighted by Gasteiger charge is -2.43. The summed E-state index contributed by atoms with van der Waals surface area (Å²) in [5.41, 5.74) is 8.99. The van der Waals surface area contributed by atoms with Crippen molar-refractivity contribution >= 4 is 5.90 Å². The fourth-order valence-corrected chi connectivity index (χ4v) is 4.00. The van der Waals surface area contributed by atoms with E-state index in [4.69, 9.17) is 15.2 Å². The third-order valence-corrected chi connectivity index (χ3v) is 5.50. The van der Waals surface area contributed by atoms with Crippen LogP contribution >= 0.6 is 0 Å². The van der Waals surface area contributed by atoms with Crippen LogP contribution in [0, 0.1) is 5.92 Å². The van der Waals surface area contributed by atoms with Gasteiger partial charge in [0, 0.05) is 25.7 Å². The highest BCUT2D eigenvalue weighted by molar-refractivity contribution is 5.81. The second-order valence-electron chi connectivity index (χ2n) is 7.09. The van der Waals surface area contributed by atoms with Gasteiger partial charge in [-0.1, -0.05) is 0 Å². The van der Waals surface area contributed by atoms with Crippen molar-refractivity contribution in [2.45, 2.75) is 44.2 Å². The Balaban J connectivity index is 1.63. The minimum Gasteiger partial charge on any atom is -0.484 e. The van der Waals surface area contributed by atoms with Gasteiger partial charge in [-0.3, -0.25) is 0 Å². The Kier molecular flexibility index (Phi) is 4.00. The molecule has 6 heteroatoms. The number of aliphatic imine (C=N–C) groups is 1. The molecule has 0 amide bonds. The molecular formula is C18H26N4O2. The molecule has 6 nitrogen and oxygen atoms in total. The van der Waals surface area contributed by atoms with E-state index in [1.807, 2.05) is 6.20 Å². The number of hydrogen-bond donors (Lipinski definition) is 2. The number of fused-ring (bicyclic) bond motifs is 2. The summed E-state index contributed by atoms with van der Waals surface area (Å²) in [5.74, 6) is 2.17. The van der Waals surface area contributed by atoms with Gasteiger partial charge in [-0.15, -0.1) is 0 Å². The molecule has 0 spiro atoms. The molecule has 0 aromatic rings. The van der Waals surface area contributed by atoms with Gasteiger partial charge < -0.3 is 25.4 Å². The average molecular weight is 330 g/mol. The van der Waals surface area contributed by atoms with Crippen LogP contribution in [0.4, 0.5) is 0 Å². The van der Waals surface area contributed by atoms with Crippen LogP contribution in [0.3, 0.4) is 0 Å². The average Bonchev–Trinajstić information content (AvgIpc) is 2.61. The molecule has 1 saturated carbocycles. The van der Waals surface area contributed by atoms with E-state index < -0.39 is 0 Å². The van der Waals surface area contributed by atoms with E-state index in [1.54, 1.807) is 7.11 Å². The molecule has 3 N–H and O–H groups in total. The summed E-state index contributed by atoms with van der Waals surface area (Å²) < 4.78 is 11.8. The number of rotatable bonds is 1. The summed E-state index contributed by atoms with van der Waals surface area (Å²) in [6.45, 7) is 0.907. The number of likely N-dealkylation sites (N-methyl/N-ethyl adjacent to an activating group) is 1. The number of ether oxygens (including phenoxy) is 2. The zero-order valence-electron chi connectivity index (χ0n) is 14.4. The van der Waals surface area contributed by atoms with E-state index >= 15 is 0 Å². The molecule has 1 atom stereocenters. The SMILES string of the molecule is COC1=NC2=C3OC(C4CCC(N)CC4)CN(C)C3=CNC2=CC1. The van der Waals surface area contributed by atoms with Crippen molar-refractivity contribution in [3.63, 3.8) is 0 Å². The number of nitrogens with zero attached hydrogens (tertiary/aromatic N) is 2. The van der Waals surface area contributed by atoms with Gasteiger partial charge in [0.05, 0.1) is 25.0 Å². The molecule has 0 aromatic carbocycles. The van der Waals surface area contributed by atoms with Crippen LogP contribution in [0.5, 0.6) is 0 Å². The fraction of sp³-hybridized carbons (Fsp3) is 0.611. The van der Waals surface area contributed by atoms with Crippen LogP contribution < -0.4 is 11.1 Å². The molecule has 1 unspecified atom stereocenters. The first-order valence-corrected chi connectivity index (χ1v) is 8.82. The maximum atomic E-state index is 6.48. The van der Waals surface area contributed by atoms with Crippen molar-refractivity contribution in [3.8, 4) is 0 Å². The van der Waals surface area contributed by atoms with Gasteiger partial charge in [-0.05, 0) is 37.7 Å². The number of nitrogens with one attached hydrogen (secondary N) is 1. The van der Waals surface area contributed by atoms with Crippen LogP contribution in [0.1, 0.15) is 32.1 Å². The molecule has 4 aliphatic rings. The maximum absolute atomic E-state index is 6.48. The molecule has 4 rings (SSSR count). The highest BCUT2D eigenvalue weighted by atomic mass is 16.5. The van der Waals surface area contributed by atoms with Crippen molar-refractivity contribution < 1.29 is 9.47 Å². The quantitative estimate of drug-likeness (QED) is 0.767. The Hall–Kier alpha value is -1.95. The van der Waals surface area contributed by atoms with E-state index in [9.17, 15) is 0 Å². The van der Waals surface area contributed by atoms with E-state index in [-0.39, 0.29) is 6.10 Å². The van der Waals surface area contributed by atoms with Crippen LogP contribution in [-0.2, 0) is 9.47 Å². The van der Waals surface area contributed by atoms with Crippen LogP contribution in [-0.4, -0.2) is 43.6 Å². The summed E-state index contributed by atoms with van der Waals surface area (Å²) in [4.78, 5) is 6.93. The zero-order chi connectivity index (χ0) is 16.7. The van der Waals surface area contributed by atoms with Gasteiger partial charge in [0.25, 0.3) is 0 Å². The molecule has 0 aromatic heterocycles. The molecule has 3 aliphatic heterocycles. The van der Waals surface area contributed by atoms with E-state index in [0.29, 0.717) is 18.4 Å². The van der Waals surface area contributed by atoms with Gasteiger partial charge >= 0.3 is 0 Å². The molecule has 2 fully saturated rings. The Labute approximate surface area is 143 Å². The van der Waals surface area contributed by atoms with Crippen molar-refractivity contribution in [1.29, 1.82) is 0 Å². The van der Waals surface area contributed by atoms with Gasteiger partial charge in [0.15, 0.2) is 11.7 Å². The smallest absolute Gasteiger partial charge is 0.192 e. The molecule has 0 bridgehead atoms. The summed E-state index contributed by atoms with van der Waals surface area (Å²) in [5, 5.41) is 3.34. The van der Waals surface area contributed by atoms with Crippen molar-refractivity contribution in [2.24, 2.45) is 16.6 Å². The van der Waals surface area contributed by atoms with Gasteiger partial charge in [-0.25, -0.2) is 4.99 Å². The van der Waals surface area contributed by atoms with E-state index in [1.165, 1.54) is 0 Å². The molecule has 3 heterocycles. The first-order valence-electron chi connectivity index (χ1n) is 8.82. The minimum atomic E-state index is 0.199. The van der Waals surface area contributed by atoms with Crippen LogP contribution in [0.25, 0.3) is 0 Å². The monoisotopic (exact) mass is 330 g/mol. The lowest BCUT2D eigenvalue weighted by atomic mass is 9.82. The van der Waals surface area contributed by atoms with E-state index in [2.05, 4.69) is 28.3 Å². The van der Waals surface area contributed by atoms with Crippen molar-refractivity contribution in [2.75, 3.05) is 20.7 Å². The predicted molar refractivity (Wildman–Crippen MR) is 92.8 cm³/mol. The normalized spacial score (nSPS) is 32.5. The first kappa shape index (κ1) is 15.6. The largest absolute Gasteiger partial charge is 0.484 e. The summed E-state index contributed by atoms with van der Waals surface area (Å²) in [6.07, 6.45) is 9.52. The lowest BCUT2D eigenvalue weighted by Crippen LogP contribution is -2.45. The highest BCUT2D eigenvalue weighted by Gasteiger charge is 2.37. The molecule has 130 valence electrons. The van der Waals surface area contributed by atoms with Crippen LogP contribution in [0.15, 0.2) is 40.1 Å². The van der Waals surface area contributed by atoms with Crippen molar-refractivity contribution in [3.05, 3.63) is 35.1 Å². The Morgan fingerprint density at radius 3 is 2.88 bits per heavy atom. The van der Waals surface area contributed by atoms with Gasteiger partial charge in [0.2, 0.25) is 0 Å². The number of morpholine rings is 1. The first-order chi connectivity index (χ1) is 11.7. The summed E-state index contributed by atoms with van der Waals surface area (Å²) in [7, 11) is 3.79. The molecule has 1 saturated heterocycles. The zero-order valence-corrected chi connectivity index (χ0v) is 14.4. The number of dihydropyridines is 2. The third-order valence-electron chi connectivity index (χ3n) is 5.50. The number of methoxy groups -OCH3 is 1. The third kappa shape index (κ3) is 2.69. The fourth-order valence-electron chi connectivity index (χ4n) is 4.00. The summed E-state index contributed by atoms with van der Waals surface area (Å²) >= 11 is 0. The topological polar surface area (TPSA) is 72.1 Å². The lowest BCUT2D eigenvalue weighted by molar-refractivity contribution is 0.000293. The molecule has 24 heavy (non-hydrogen) atoms. The maximum Gasteiger partial charge on any atom is 0.192 e. The Bertz CT molecular complexity index is 641. The van der Waals surface area contributed by atoms with Gasteiger partial charge in [-0.2, -0.15) is 0 Å².